The summed E-state index contributed by atoms with van der Waals surface area (Å²) in [5, 5.41) is 11.8. The molecule has 0 amide bonds. The van der Waals surface area contributed by atoms with Crippen LogP contribution in [-0.2, 0) is 28.6 Å². The predicted octanol–water partition coefficient (Wildman–Crippen LogP) is 0.869. The fraction of sp³-hybridized carbons (Fsp3) is 0.500. The standard InChI is InChI=1S/C14H19NO7/c1-4-20-13(17)12(15-21-8-16)14(18)22-11-6-5-10(19-3)7-9(11)2/h5-6,9,16H,4,7-8H2,1-3H3. The summed E-state index contributed by atoms with van der Waals surface area (Å²) >= 11 is 0. The van der Waals surface area contributed by atoms with Gasteiger partial charge in [0.2, 0.25) is 6.79 Å². The van der Waals surface area contributed by atoms with Gasteiger partial charge in [-0.2, -0.15) is 0 Å². The number of hydrogen-bond donors (Lipinski definition) is 1. The van der Waals surface area contributed by atoms with Crippen LogP contribution in [-0.4, -0.2) is 43.3 Å². The molecule has 0 saturated heterocycles. The van der Waals surface area contributed by atoms with Crippen molar-refractivity contribution in [2.75, 3.05) is 20.5 Å². The second-order valence-electron chi connectivity index (χ2n) is 4.32. The molecular formula is C14H19NO7. The molecule has 0 heterocycles. The van der Waals surface area contributed by atoms with Crippen molar-refractivity contribution in [1.29, 1.82) is 0 Å². The summed E-state index contributed by atoms with van der Waals surface area (Å²) in [4.78, 5) is 28.0. The first-order valence-electron chi connectivity index (χ1n) is 6.68. The van der Waals surface area contributed by atoms with E-state index in [1.165, 1.54) is 0 Å². The quantitative estimate of drug-likeness (QED) is 0.244. The van der Waals surface area contributed by atoms with Crippen LogP contribution in [0.25, 0.3) is 0 Å². The van der Waals surface area contributed by atoms with E-state index in [0.717, 1.165) is 5.76 Å². The zero-order valence-corrected chi connectivity index (χ0v) is 12.7. The summed E-state index contributed by atoms with van der Waals surface area (Å²) in [5.74, 6) is -0.981. The highest BCUT2D eigenvalue weighted by Gasteiger charge is 2.28. The van der Waals surface area contributed by atoms with Crippen LogP contribution in [0.1, 0.15) is 20.3 Å². The minimum atomic E-state index is -1.01. The number of nitrogens with zero attached hydrogens (tertiary/aromatic N) is 1. The molecule has 0 radical (unpaired) electrons. The lowest BCUT2D eigenvalue weighted by molar-refractivity contribution is -0.139. The number of carbonyl (C=O) groups is 2. The van der Waals surface area contributed by atoms with Crippen LogP contribution in [0.15, 0.2) is 28.8 Å². The van der Waals surface area contributed by atoms with Crippen LogP contribution in [0.4, 0.5) is 0 Å². The molecule has 0 aromatic carbocycles. The Bertz CT molecular complexity index is 507. The van der Waals surface area contributed by atoms with Gasteiger partial charge in [-0.15, -0.1) is 0 Å². The smallest absolute Gasteiger partial charge is 0.373 e. The van der Waals surface area contributed by atoms with Crippen molar-refractivity contribution < 1.29 is 33.7 Å². The van der Waals surface area contributed by atoms with E-state index in [1.54, 1.807) is 26.2 Å². The van der Waals surface area contributed by atoms with Gasteiger partial charge >= 0.3 is 11.9 Å². The third-order valence-electron chi connectivity index (χ3n) is 2.78. The van der Waals surface area contributed by atoms with Crippen molar-refractivity contribution in [3.8, 4) is 0 Å². The molecule has 22 heavy (non-hydrogen) atoms. The first kappa shape index (κ1) is 17.7. The molecule has 1 N–H and O–H groups in total. The van der Waals surface area contributed by atoms with Gasteiger partial charge in [-0.3, -0.25) is 0 Å². The molecule has 1 rings (SSSR count). The average Bonchev–Trinajstić information content (AvgIpc) is 2.50. The van der Waals surface area contributed by atoms with Gasteiger partial charge in [0.25, 0.3) is 5.71 Å². The lowest BCUT2D eigenvalue weighted by Gasteiger charge is -2.20. The van der Waals surface area contributed by atoms with Gasteiger partial charge < -0.3 is 24.2 Å². The van der Waals surface area contributed by atoms with Crippen molar-refractivity contribution >= 4 is 17.7 Å². The van der Waals surface area contributed by atoms with E-state index in [1.807, 2.05) is 6.92 Å². The fourth-order valence-corrected chi connectivity index (χ4v) is 1.70. The minimum Gasteiger partial charge on any atom is -0.501 e. The fourth-order valence-electron chi connectivity index (χ4n) is 1.70. The number of hydrogen-bond acceptors (Lipinski definition) is 8. The number of allylic oxidation sites excluding steroid dienone is 4. The Morgan fingerprint density at radius 2 is 2.09 bits per heavy atom. The maximum absolute atomic E-state index is 12.0. The average molecular weight is 313 g/mol. The first-order valence-corrected chi connectivity index (χ1v) is 6.68. The normalized spacial score (nSPS) is 18.0. The molecule has 0 saturated carbocycles. The third kappa shape index (κ3) is 4.88. The van der Waals surface area contributed by atoms with Crippen molar-refractivity contribution in [1.82, 2.24) is 0 Å². The number of rotatable bonds is 7. The molecule has 0 aliphatic heterocycles. The number of aliphatic hydroxyl groups excluding tert-OH is 1. The Balaban J connectivity index is 2.85. The van der Waals surface area contributed by atoms with Crippen molar-refractivity contribution in [2.24, 2.45) is 11.1 Å². The van der Waals surface area contributed by atoms with Gasteiger partial charge in [-0.1, -0.05) is 12.1 Å². The Hall–Kier alpha value is -2.35. The van der Waals surface area contributed by atoms with Gasteiger partial charge in [-0.05, 0) is 19.1 Å². The Kier molecular flexibility index (Phi) is 7.11. The maximum Gasteiger partial charge on any atom is 0.373 e. The number of esters is 2. The second kappa shape index (κ2) is 8.83. The monoisotopic (exact) mass is 313 g/mol. The van der Waals surface area contributed by atoms with E-state index in [2.05, 4.69) is 14.7 Å². The van der Waals surface area contributed by atoms with Gasteiger partial charge in [0.05, 0.1) is 19.5 Å². The van der Waals surface area contributed by atoms with Gasteiger partial charge in [-0.25, -0.2) is 9.59 Å². The summed E-state index contributed by atoms with van der Waals surface area (Å²) in [6.07, 6.45) is 3.82. The number of methoxy groups -OCH3 is 1. The SMILES string of the molecule is CCOC(=O)C(=NOCO)C(=O)OC1=CC=C(OC)CC1C. The number of oxime groups is 1. The lowest BCUT2D eigenvalue weighted by Crippen LogP contribution is -2.29. The summed E-state index contributed by atoms with van der Waals surface area (Å²) in [6, 6.07) is 0. The molecule has 122 valence electrons. The zero-order chi connectivity index (χ0) is 16.5. The molecule has 0 aromatic heterocycles. The Labute approximate surface area is 128 Å². The molecule has 0 aromatic rings. The summed E-state index contributed by atoms with van der Waals surface area (Å²) < 4.78 is 15.0. The van der Waals surface area contributed by atoms with Gasteiger partial charge in [0.1, 0.15) is 5.76 Å². The second-order valence-corrected chi connectivity index (χ2v) is 4.32. The van der Waals surface area contributed by atoms with Crippen LogP contribution in [0.5, 0.6) is 0 Å². The molecule has 8 nitrogen and oxygen atoms in total. The van der Waals surface area contributed by atoms with Crippen molar-refractivity contribution in [2.45, 2.75) is 20.3 Å². The van der Waals surface area contributed by atoms with Crippen LogP contribution in [0, 0.1) is 5.92 Å². The molecule has 1 aliphatic rings. The van der Waals surface area contributed by atoms with E-state index < -0.39 is 24.4 Å². The highest BCUT2D eigenvalue weighted by Crippen LogP contribution is 2.26. The largest absolute Gasteiger partial charge is 0.501 e. The van der Waals surface area contributed by atoms with Crippen LogP contribution in [0.2, 0.25) is 0 Å². The first-order chi connectivity index (χ1) is 10.5. The third-order valence-corrected chi connectivity index (χ3v) is 2.78. The van der Waals surface area contributed by atoms with Crippen molar-refractivity contribution in [3.63, 3.8) is 0 Å². The molecule has 1 unspecified atom stereocenters. The van der Waals surface area contributed by atoms with Gasteiger partial charge in [0.15, 0.2) is 0 Å². The van der Waals surface area contributed by atoms with E-state index in [4.69, 9.17) is 14.6 Å². The topological polar surface area (TPSA) is 104 Å². The van der Waals surface area contributed by atoms with Crippen molar-refractivity contribution in [3.05, 3.63) is 23.7 Å². The molecule has 1 aliphatic carbocycles. The number of aliphatic hydroxyl groups is 1. The van der Waals surface area contributed by atoms with E-state index >= 15 is 0 Å². The van der Waals surface area contributed by atoms with Gasteiger partial charge in [0, 0.05) is 12.3 Å². The number of ether oxygens (including phenoxy) is 3. The van der Waals surface area contributed by atoms with E-state index in [0.29, 0.717) is 12.2 Å². The highest BCUT2D eigenvalue weighted by atomic mass is 16.7. The maximum atomic E-state index is 12.0. The zero-order valence-electron chi connectivity index (χ0n) is 12.7. The molecule has 8 heteroatoms. The highest BCUT2D eigenvalue weighted by molar-refractivity contribution is 6.62. The minimum absolute atomic E-state index is 0.0588. The molecule has 1 atom stereocenters. The van der Waals surface area contributed by atoms with E-state index in [-0.39, 0.29) is 12.5 Å². The molecule has 0 fully saturated rings. The summed E-state index contributed by atoms with van der Waals surface area (Å²) in [7, 11) is 1.56. The molecular weight excluding hydrogens is 294 g/mol. The lowest BCUT2D eigenvalue weighted by atomic mass is 9.99. The Morgan fingerprint density at radius 1 is 1.36 bits per heavy atom. The predicted molar refractivity (Wildman–Crippen MR) is 75.3 cm³/mol. The van der Waals surface area contributed by atoms with E-state index in [9.17, 15) is 9.59 Å². The number of carbonyl (C=O) groups excluding carboxylic acids is 2. The Morgan fingerprint density at radius 3 is 2.64 bits per heavy atom. The summed E-state index contributed by atoms with van der Waals surface area (Å²) in [5.41, 5.74) is -0.675. The molecule has 0 bridgehead atoms. The summed E-state index contributed by atoms with van der Waals surface area (Å²) in [6.45, 7) is 2.70. The molecule has 0 spiro atoms. The van der Waals surface area contributed by atoms with Crippen LogP contribution >= 0.6 is 0 Å². The van der Waals surface area contributed by atoms with Crippen LogP contribution in [0.3, 0.4) is 0 Å². The van der Waals surface area contributed by atoms with Crippen LogP contribution < -0.4 is 0 Å².